The summed E-state index contributed by atoms with van der Waals surface area (Å²) in [7, 11) is 0. The maximum atomic E-state index is 8.35. The third-order valence-corrected chi connectivity index (χ3v) is 1.28. The van der Waals surface area contributed by atoms with Crippen molar-refractivity contribution in [2.45, 2.75) is 25.8 Å². The normalized spacial score (nSPS) is 12.5. The standard InChI is InChI=1S/C7H15N3/c1-7(6-9)10-5-3-2-4-8/h7,10H,2-5,8H2,1H3. The van der Waals surface area contributed by atoms with Crippen LogP contribution in [0, 0.1) is 11.3 Å². The molecule has 1 atom stereocenters. The van der Waals surface area contributed by atoms with Gasteiger partial charge in [-0.25, -0.2) is 0 Å². The van der Waals surface area contributed by atoms with E-state index in [1.165, 1.54) is 0 Å². The second kappa shape index (κ2) is 6.53. The lowest BCUT2D eigenvalue weighted by Gasteiger charge is -2.03. The van der Waals surface area contributed by atoms with Crippen LogP contribution in [-0.4, -0.2) is 19.1 Å². The molecule has 0 aliphatic rings. The van der Waals surface area contributed by atoms with Crippen molar-refractivity contribution in [3.63, 3.8) is 0 Å². The molecule has 0 spiro atoms. The van der Waals surface area contributed by atoms with E-state index < -0.39 is 0 Å². The van der Waals surface area contributed by atoms with E-state index in [0.29, 0.717) is 0 Å². The highest BCUT2D eigenvalue weighted by Gasteiger charge is 1.94. The lowest BCUT2D eigenvalue weighted by atomic mass is 10.3. The quantitative estimate of drug-likeness (QED) is 0.539. The number of hydrogen-bond donors (Lipinski definition) is 2. The average Bonchev–Trinajstić information content (AvgIpc) is 1.98. The van der Waals surface area contributed by atoms with Gasteiger partial charge in [0.15, 0.2) is 0 Å². The summed E-state index contributed by atoms with van der Waals surface area (Å²) in [5, 5.41) is 11.4. The fourth-order valence-electron chi connectivity index (χ4n) is 0.634. The summed E-state index contributed by atoms with van der Waals surface area (Å²) in [6.07, 6.45) is 2.09. The van der Waals surface area contributed by atoms with Gasteiger partial charge in [0.25, 0.3) is 0 Å². The first-order valence-corrected chi connectivity index (χ1v) is 3.64. The zero-order chi connectivity index (χ0) is 7.82. The summed E-state index contributed by atoms with van der Waals surface area (Å²) in [5.41, 5.74) is 5.29. The molecule has 1 unspecified atom stereocenters. The Morgan fingerprint density at radius 3 is 2.80 bits per heavy atom. The van der Waals surface area contributed by atoms with Crippen molar-refractivity contribution in [1.82, 2.24) is 5.32 Å². The predicted molar refractivity (Wildman–Crippen MR) is 41.4 cm³/mol. The van der Waals surface area contributed by atoms with E-state index in [2.05, 4.69) is 11.4 Å². The predicted octanol–water partition coefficient (Wildman–Crippen LogP) is 0.227. The molecule has 0 saturated heterocycles. The highest BCUT2D eigenvalue weighted by molar-refractivity contribution is 4.84. The monoisotopic (exact) mass is 141 g/mol. The van der Waals surface area contributed by atoms with Gasteiger partial charge in [-0.15, -0.1) is 0 Å². The molecule has 0 heterocycles. The van der Waals surface area contributed by atoms with Gasteiger partial charge in [-0.05, 0) is 32.9 Å². The van der Waals surface area contributed by atoms with E-state index in [-0.39, 0.29) is 6.04 Å². The number of rotatable bonds is 5. The zero-order valence-corrected chi connectivity index (χ0v) is 6.43. The molecule has 0 aromatic rings. The van der Waals surface area contributed by atoms with Gasteiger partial charge in [-0.1, -0.05) is 0 Å². The Bertz CT molecular complexity index is 106. The summed E-state index contributed by atoms with van der Waals surface area (Å²) < 4.78 is 0. The molecular formula is C7H15N3. The Morgan fingerprint density at radius 2 is 2.30 bits per heavy atom. The Balaban J connectivity index is 2.98. The van der Waals surface area contributed by atoms with E-state index in [4.69, 9.17) is 11.0 Å². The van der Waals surface area contributed by atoms with Crippen molar-refractivity contribution in [3.8, 4) is 6.07 Å². The molecule has 3 nitrogen and oxygen atoms in total. The van der Waals surface area contributed by atoms with Crippen LogP contribution in [0.5, 0.6) is 0 Å². The lowest BCUT2D eigenvalue weighted by molar-refractivity contribution is 0.597. The van der Waals surface area contributed by atoms with Crippen molar-refractivity contribution in [2.75, 3.05) is 13.1 Å². The van der Waals surface area contributed by atoms with Crippen LogP contribution in [0.25, 0.3) is 0 Å². The molecular weight excluding hydrogens is 126 g/mol. The molecule has 10 heavy (non-hydrogen) atoms. The Morgan fingerprint density at radius 1 is 1.60 bits per heavy atom. The number of unbranched alkanes of at least 4 members (excludes halogenated alkanes) is 1. The summed E-state index contributed by atoms with van der Waals surface area (Å²) in [4.78, 5) is 0. The second-order valence-corrected chi connectivity index (χ2v) is 2.30. The fourth-order valence-corrected chi connectivity index (χ4v) is 0.634. The van der Waals surface area contributed by atoms with Gasteiger partial charge in [0, 0.05) is 0 Å². The van der Waals surface area contributed by atoms with Crippen LogP contribution in [0.2, 0.25) is 0 Å². The maximum Gasteiger partial charge on any atom is 0.0924 e. The van der Waals surface area contributed by atoms with Crippen molar-refractivity contribution < 1.29 is 0 Å². The molecule has 0 aliphatic carbocycles. The van der Waals surface area contributed by atoms with Crippen LogP contribution in [0.15, 0.2) is 0 Å². The molecule has 58 valence electrons. The van der Waals surface area contributed by atoms with E-state index in [1.807, 2.05) is 6.92 Å². The average molecular weight is 141 g/mol. The van der Waals surface area contributed by atoms with Crippen molar-refractivity contribution >= 4 is 0 Å². The molecule has 3 heteroatoms. The van der Waals surface area contributed by atoms with E-state index >= 15 is 0 Å². The SMILES string of the molecule is CC(C#N)NCCCCN. The topological polar surface area (TPSA) is 61.8 Å². The van der Waals surface area contributed by atoms with Gasteiger partial charge in [0.05, 0.1) is 12.1 Å². The van der Waals surface area contributed by atoms with E-state index in [0.717, 1.165) is 25.9 Å². The number of nitrogens with zero attached hydrogens (tertiary/aromatic N) is 1. The summed E-state index contributed by atoms with van der Waals surface area (Å²) in [5.74, 6) is 0. The smallest absolute Gasteiger partial charge is 0.0924 e. The van der Waals surface area contributed by atoms with Crippen LogP contribution >= 0.6 is 0 Å². The van der Waals surface area contributed by atoms with Crippen molar-refractivity contribution in [1.29, 1.82) is 5.26 Å². The Labute approximate surface area is 62.2 Å². The largest absolute Gasteiger partial charge is 0.330 e. The van der Waals surface area contributed by atoms with Gasteiger partial charge in [0.1, 0.15) is 0 Å². The Kier molecular flexibility index (Phi) is 6.14. The Hall–Kier alpha value is -0.590. The number of hydrogen-bond acceptors (Lipinski definition) is 3. The molecule has 3 N–H and O–H groups in total. The minimum Gasteiger partial charge on any atom is -0.330 e. The van der Waals surface area contributed by atoms with Crippen LogP contribution < -0.4 is 11.1 Å². The number of nitrogens with two attached hydrogens (primary N) is 1. The molecule has 0 bridgehead atoms. The highest BCUT2D eigenvalue weighted by Crippen LogP contribution is 1.84. The third-order valence-electron chi connectivity index (χ3n) is 1.28. The lowest BCUT2D eigenvalue weighted by Crippen LogP contribution is -2.25. The van der Waals surface area contributed by atoms with Gasteiger partial charge < -0.3 is 11.1 Å². The van der Waals surface area contributed by atoms with Crippen molar-refractivity contribution in [2.24, 2.45) is 5.73 Å². The first-order chi connectivity index (χ1) is 4.81. The van der Waals surface area contributed by atoms with Crippen LogP contribution in [0.4, 0.5) is 0 Å². The molecule has 0 aromatic heterocycles. The van der Waals surface area contributed by atoms with Crippen LogP contribution in [0.1, 0.15) is 19.8 Å². The zero-order valence-electron chi connectivity index (χ0n) is 6.43. The number of nitrogens with one attached hydrogen (secondary N) is 1. The minimum atomic E-state index is -0.0298. The van der Waals surface area contributed by atoms with Gasteiger partial charge in [0.2, 0.25) is 0 Å². The molecule has 0 fully saturated rings. The first-order valence-electron chi connectivity index (χ1n) is 3.64. The molecule has 0 aliphatic heterocycles. The van der Waals surface area contributed by atoms with E-state index in [9.17, 15) is 0 Å². The first kappa shape index (κ1) is 9.41. The van der Waals surface area contributed by atoms with Crippen molar-refractivity contribution in [3.05, 3.63) is 0 Å². The van der Waals surface area contributed by atoms with Gasteiger partial charge in [-0.3, -0.25) is 0 Å². The molecule has 0 saturated carbocycles. The molecule has 0 rings (SSSR count). The van der Waals surface area contributed by atoms with E-state index in [1.54, 1.807) is 0 Å². The summed E-state index contributed by atoms with van der Waals surface area (Å²) >= 11 is 0. The summed E-state index contributed by atoms with van der Waals surface area (Å²) in [6.45, 7) is 3.48. The van der Waals surface area contributed by atoms with Crippen LogP contribution in [-0.2, 0) is 0 Å². The highest BCUT2D eigenvalue weighted by atomic mass is 14.9. The van der Waals surface area contributed by atoms with Crippen LogP contribution in [0.3, 0.4) is 0 Å². The third kappa shape index (κ3) is 5.54. The maximum absolute atomic E-state index is 8.35. The van der Waals surface area contributed by atoms with Gasteiger partial charge >= 0.3 is 0 Å². The molecule has 0 amide bonds. The number of nitriles is 1. The van der Waals surface area contributed by atoms with Gasteiger partial charge in [-0.2, -0.15) is 5.26 Å². The molecule has 0 aromatic carbocycles. The fraction of sp³-hybridized carbons (Fsp3) is 0.857. The second-order valence-electron chi connectivity index (χ2n) is 2.30. The minimum absolute atomic E-state index is 0.0298. The summed E-state index contributed by atoms with van der Waals surface area (Å²) in [6, 6.07) is 2.07. The molecule has 0 radical (unpaired) electrons.